The van der Waals surface area contributed by atoms with Gasteiger partial charge in [0.25, 0.3) is 0 Å². The van der Waals surface area contributed by atoms with Crippen LogP contribution in [0.5, 0.6) is 0 Å². The summed E-state index contributed by atoms with van der Waals surface area (Å²) in [4.78, 5) is 21.9. The van der Waals surface area contributed by atoms with Crippen molar-refractivity contribution in [2.24, 2.45) is 5.73 Å². The fourth-order valence-corrected chi connectivity index (χ4v) is 1.59. The maximum Gasteiger partial charge on any atom is 0.303 e. The van der Waals surface area contributed by atoms with Crippen LogP contribution in [0.25, 0.3) is 0 Å². The molecule has 1 aromatic rings. The zero-order valence-electron chi connectivity index (χ0n) is 9.32. The Balaban J connectivity index is 2.63. The van der Waals surface area contributed by atoms with Crippen LogP contribution in [0, 0.1) is 5.82 Å². The Kier molecular flexibility index (Phi) is 5.24. The van der Waals surface area contributed by atoms with E-state index in [-0.39, 0.29) is 18.5 Å². The SMILES string of the molecule is NC(CCC(=O)O)C(=O)Nc1cc(Br)ccc1F. The number of rotatable bonds is 5. The Labute approximate surface area is 111 Å². The van der Waals surface area contributed by atoms with Crippen molar-refractivity contribution in [3.63, 3.8) is 0 Å². The van der Waals surface area contributed by atoms with E-state index >= 15 is 0 Å². The van der Waals surface area contributed by atoms with Crippen LogP contribution in [-0.4, -0.2) is 23.0 Å². The molecule has 0 heterocycles. The summed E-state index contributed by atoms with van der Waals surface area (Å²) in [5, 5.41) is 10.8. The zero-order chi connectivity index (χ0) is 13.7. The van der Waals surface area contributed by atoms with Gasteiger partial charge in [0.15, 0.2) is 0 Å². The minimum atomic E-state index is -1.04. The molecule has 4 N–H and O–H groups in total. The summed E-state index contributed by atoms with van der Waals surface area (Å²) in [6.45, 7) is 0. The highest BCUT2D eigenvalue weighted by molar-refractivity contribution is 9.10. The largest absolute Gasteiger partial charge is 0.481 e. The molecule has 1 aromatic carbocycles. The van der Waals surface area contributed by atoms with E-state index in [9.17, 15) is 14.0 Å². The van der Waals surface area contributed by atoms with Crippen molar-refractivity contribution < 1.29 is 19.1 Å². The van der Waals surface area contributed by atoms with Crippen LogP contribution in [-0.2, 0) is 9.59 Å². The molecule has 7 heteroatoms. The van der Waals surface area contributed by atoms with Crippen molar-refractivity contribution in [3.8, 4) is 0 Å². The third-order valence-electron chi connectivity index (χ3n) is 2.19. The van der Waals surface area contributed by atoms with Crippen molar-refractivity contribution in [1.29, 1.82) is 0 Å². The third-order valence-corrected chi connectivity index (χ3v) is 2.69. The van der Waals surface area contributed by atoms with Gasteiger partial charge in [-0.05, 0) is 24.6 Å². The molecule has 1 atom stereocenters. The average molecular weight is 319 g/mol. The highest BCUT2D eigenvalue weighted by atomic mass is 79.9. The van der Waals surface area contributed by atoms with E-state index in [1.807, 2.05) is 0 Å². The molecule has 0 radical (unpaired) electrons. The molecule has 0 aliphatic heterocycles. The van der Waals surface area contributed by atoms with E-state index in [1.165, 1.54) is 18.2 Å². The van der Waals surface area contributed by atoms with Gasteiger partial charge in [0, 0.05) is 10.9 Å². The number of nitrogens with two attached hydrogens (primary N) is 1. The van der Waals surface area contributed by atoms with E-state index in [2.05, 4.69) is 21.2 Å². The zero-order valence-corrected chi connectivity index (χ0v) is 10.9. The first kappa shape index (κ1) is 14.6. The van der Waals surface area contributed by atoms with Crippen molar-refractivity contribution in [2.45, 2.75) is 18.9 Å². The summed E-state index contributed by atoms with van der Waals surface area (Å²) in [6, 6.07) is 3.11. The maximum absolute atomic E-state index is 13.3. The topological polar surface area (TPSA) is 92.4 Å². The summed E-state index contributed by atoms with van der Waals surface area (Å²) in [5.74, 6) is -2.24. The molecule has 0 spiro atoms. The van der Waals surface area contributed by atoms with Gasteiger partial charge in [0.05, 0.1) is 11.7 Å². The van der Waals surface area contributed by atoms with Gasteiger partial charge in [-0.15, -0.1) is 0 Å². The van der Waals surface area contributed by atoms with E-state index < -0.39 is 23.7 Å². The highest BCUT2D eigenvalue weighted by Crippen LogP contribution is 2.20. The van der Waals surface area contributed by atoms with E-state index in [0.29, 0.717) is 4.47 Å². The predicted molar refractivity (Wildman–Crippen MR) is 67.6 cm³/mol. The second kappa shape index (κ2) is 6.46. The van der Waals surface area contributed by atoms with Crippen LogP contribution in [0.1, 0.15) is 12.8 Å². The molecular formula is C11H12BrFN2O3. The number of hydrogen-bond acceptors (Lipinski definition) is 3. The number of carboxylic acids is 1. The molecule has 1 rings (SSSR count). The molecule has 0 saturated heterocycles. The van der Waals surface area contributed by atoms with Crippen molar-refractivity contribution in [2.75, 3.05) is 5.32 Å². The lowest BCUT2D eigenvalue weighted by Gasteiger charge is -2.12. The Morgan fingerprint density at radius 1 is 1.50 bits per heavy atom. The number of carboxylic acid groups (broad SMARTS) is 1. The molecule has 18 heavy (non-hydrogen) atoms. The Hall–Kier alpha value is -1.47. The van der Waals surface area contributed by atoms with Gasteiger partial charge in [0.1, 0.15) is 5.82 Å². The van der Waals surface area contributed by atoms with Crippen molar-refractivity contribution >= 4 is 33.5 Å². The normalized spacial score (nSPS) is 11.9. The molecule has 5 nitrogen and oxygen atoms in total. The number of amides is 1. The van der Waals surface area contributed by atoms with Crippen molar-refractivity contribution in [3.05, 3.63) is 28.5 Å². The first-order valence-corrected chi connectivity index (χ1v) is 5.92. The van der Waals surface area contributed by atoms with Gasteiger partial charge in [-0.3, -0.25) is 9.59 Å². The predicted octanol–water partition coefficient (Wildman–Crippen LogP) is 1.72. The summed E-state index contributed by atoms with van der Waals surface area (Å²) in [6.07, 6.45) is -0.216. The summed E-state index contributed by atoms with van der Waals surface area (Å²) in [5.41, 5.74) is 5.49. The molecule has 0 fully saturated rings. The average Bonchev–Trinajstić information content (AvgIpc) is 2.30. The van der Waals surface area contributed by atoms with E-state index in [1.54, 1.807) is 0 Å². The van der Waals surface area contributed by atoms with Gasteiger partial charge in [-0.1, -0.05) is 15.9 Å². The first-order chi connectivity index (χ1) is 8.40. The summed E-state index contributed by atoms with van der Waals surface area (Å²) >= 11 is 3.15. The minimum absolute atomic E-state index is 0.000139. The fraction of sp³-hybridized carbons (Fsp3) is 0.273. The van der Waals surface area contributed by atoms with Crippen molar-refractivity contribution in [1.82, 2.24) is 0 Å². The van der Waals surface area contributed by atoms with Gasteiger partial charge in [0.2, 0.25) is 5.91 Å². The highest BCUT2D eigenvalue weighted by Gasteiger charge is 2.16. The molecular weight excluding hydrogens is 307 g/mol. The first-order valence-electron chi connectivity index (χ1n) is 5.13. The number of benzene rings is 1. The van der Waals surface area contributed by atoms with Gasteiger partial charge in [-0.2, -0.15) is 0 Å². The summed E-state index contributed by atoms with van der Waals surface area (Å²) < 4.78 is 13.9. The van der Waals surface area contributed by atoms with Crippen LogP contribution in [0.3, 0.4) is 0 Å². The molecule has 1 amide bonds. The monoisotopic (exact) mass is 318 g/mol. The second-order valence-electron chi connectivity index (χ2n) is 3.65. The Morgan fingerprint density at radius 3 is 2.78 bits per heavy atom. The lowest BCUT2D eigenvalue weighted by Crippen LogP contribution is -2.36. The number of halogens is 2. The quantitative estimate of drug-likeness (QED) is 0.770. The molecule has 98 valence electrons. The number of hydrogen-bond donors (Lipinski definition) is 3. The lowest BCUT2D eigenvalue weighted by molar-refractivity contribution is -0.137. The van der Waals surface area contributed by atoms with E-state index in [0.717, 1.165) is 0 Å². The Morgan fingerprint density at radius 2 is 2.17 bits per heavy atom. The second-order valence-corrected chi connectivity index (χ2v) is 4.57. The Bertz CT molecular complexity index is 468. The molecule has 0 bridgehead atoms. The number of anilines is 1. The van der Waals surface area contributed by atoms with Gasteiger partial charge in [-0.25, -0.2) is 4.39 Å². The van der Waals surface area contributed by atoms with Crippen LogP contribution >= 0.6 is 15.9 Å². The smallest absolute Gasteiger partial charge is 0.303 e. The number of carbonyl (C=O) groups is 2. The molecule has 1 unspecified atom stereocenters. The maximum atomic E-state index is 13.3. The van der Waals surface area contributed by atoms with Crippen LogP contribution in [0.15, 0.2) is 22.7 Å². The molecule has 0 aliphatic carbocycles. The molecule has 0 saturated carbocycles. The van der Waals surface area contributed by atoms with Crippen LogP contribution < -0.4 is 11.1 Å². The van der Waals surface area contributed by atoms with Gasteiger partial charge >= 0.3 is 5.97 Å². The number of nitrogens with one attached hydrogen (secondary N) is 1. The fourth-order valence-electron chi connectivity index (χ4n) is 1.23. The van der Waals surface area contributed by atoms with E-state index in [4.69, 9.17) is 10.8 Å². The van der Waals surface area contributed by atoms with Crippen LogP contribution in [0.4, 0.5) is 10.1 Å². The third kappa shape index (κ3) is 4.42. The molecule has 0 aromatic heterocycles. The number of aliphatic carboxylic acids is 1. The van der Waals surface area contributed by atoms with Gasteiger partial charge < -0.3 is 16.2 Å². The standard InChI is InChI=1S/C11H12BrFN2O3/c12-6-1-2-7(13)9(5-6)15-11(18)8(14)3-4-10(16)17/h1-2,5,8H,3-4,14H2,(H,15,18)(H,16,17). The lowest BCUT2D eigenvalue weighted by atomic mass is 10.1. The van der Waals surface area contributed by atoms with Crippen LogP contribution in [0.2, 0.25) is 0 Å². The minimum Gasteiger partial charge on any atom is -0.481 e. The number of carbonyl (C=O) groups excluding carboxylic acids is 1. The summed E-state index contributed by atoms with van der Waals surface area (Å²) in [7, 11) is 0. The molecule has 0 aliphatic rings.